The van der Waals surface area contributed by atoms with E-state index in [0.717, 1.165) is 6.42 Å². The molecule has 3 N–H and O–H groups in total. The molecule has 4 heteroatoms. The number of nitrogens with one attached hydrogen (secondary N) is 1. The molecule has 1 aliphatic heterocycles. The molecule has 1 atom stereocenters. The molecular weight excluding hydrogens is 218 g/mol. The molecular formula is C13H23NO3. The zero-order chi connectivity index (χ0) is 12.7. The van der Waals surface area contributed by atoms with Crippen LogP contribution < -0.4 is 5.32 Å². The zero-order valence-corrected chi connectivity index (χ0v) is 10.8. The highest BCUT2D eigenvalue weighted by atomic mass is 16.4. The number of carboxylic acids is 1. The van der Waals surface area contributed by atoms with Gasteiger partial charge in [-0.1, -0.05) is 13.8 Å². The standard InChI is InChI=1S/C13H23NO3/c1-11(2)3-4-13(17,9-11)12(10(15)16)5-7-14-8-6-12/h14,17H,3-9H2,1-2H3,(H,15,16). The highest BCUT2D eigenvalue weighted by Crippen LogP contribution is 2.54. The van der Waals surface area contributed by atoms with Crippen molar-refractivity contribution in [2.24, 2.45) is 10.8 Å². The fraction of sp³-hybridized carbons (Fsp3) is 0.923. The first kappa shape index (κ1) is 12.8. The molecule has 2 fully saturated rings. The maximum atomic E-state index is 11.7. The van der Waals surface area contributed by atoms with Crippen molar-refractivity contribution in [3.05, 3.63) is 0 Å². The van der Waals surface area contributed by atoms with Crippen molar-refractivity contribution in [1.29, 1.82) is 0 Å². The van der Waals surface area contributed by atoms with E-state index in [1.54, 1.807) is 0 Å². The summed E-state index contributed by atoms with van der Waals surface area (Å²) in [6.07, 6.45) is 3.20. The minimum atomic E-state index is -1.02. The SMILES string of the molecule is CC1(C)CCC(O)(C2(C(=O)O)CCNCC2)C1. The van der Waals surface area contributed by atoms with Gasteiger partial charge in [-0.25, -0.2) is 0 Å². The number of hydrogen-bond donors (Lipinski definition) is 3. The summed E-state index contributed by atoms with van der Waals surface area (Å²) in [5.74, 6) is -0.820. The van der Waals surface area contributed by atoms with Gasteiger partial charge in [-0.3, -0.25) is 4.79 Å². The molecule has 1 aliphatic carbocycles. The van der Waals surface area contributed by atoms with Gasteiger partial charge >= 0.3 is 5.97 Å². The first-order valence-corrected chi connectivity index (χ1v) is 6.48. The molecule has 0 radical (unpaired) electrons. The summed E-state index contributed by atoms with van der Waals surface area (Å²) >= 11 is 0. The molecule has 0 aromatic heterocycles. The lowest BCUT2D eigenvalue weighted by Gasteiger charge is -2.45. The Morgan fingerprint density at radius 2 is 1.71 bits per heavy atom. The molecule has 17 heavy (non-hydrogen) atoms. The van der Waals surface area contributed by atoms with E-state index in [9.17, 15) is 15.0 Å². The Kier molecular flexibility index (Phi) is 2.99. The van der Waals surface area contributed by atoms with Crippen LogP contribution in [0.25, 0.3) is 0 Å². The number of aliphatic carboxylic acids is 1. The average Bonchev–Trinajstić information content (AvgIpc) is 2.55. The lowest BCUT2D eigenvalue weighted by Crippen LogP contribution is -2.57. The third-order valence-electron chi connectivity index (χ3n) is 4.74. The fourth-order valence-corrected chi connectivity index (χ4v) is 3.65. The summed E-state index contributed by atoms with van der Waals surface area (Å²) in [5, 5.41) is 23.6. The highest BCUT2D eigenvalue weighted by Gasteiger charge is 2.60. The first-order valence-electron chi connectivity index (χ1n) is 6.48. The lowest BCUT2D eigenvalue weighted by molar-refractivity contribution is -0.174. The highest BCUT2D eigenvalue weighted by molar-refractivity contribution is 5.76. The van der Waals surface area contributed by atoms with E-state index in [1.165, 1.54) is 0 Å². The van der Waals surface area contributed by atoms with E-state index in [1.807, 2.05) is 0 Å². The van der Waals surface area contributed by atoms with Gasteiger partial charge in [-0.2, -0.15) is 0 Å². The van der Waals surface area contributed by atoms with E-state index in [2.05, 4.69) is 19.2 Å². The Balaban J connectivity index is 2.30. The third kappa shape index (κ3) is 1.97. The Morgan fingerprint density at radius 3 is 2.12 bits per heavy atom. The summed E-state index contributed by atoms with van der Waals surface area (Å²) in [4.78, 5) is 11.7. The van der Waals surface area contributed by atoms with Crippen molar-refractivity contribution in [2.75, 3.05) is 13.1 Å². The molecule has 0 aromatic carbocycles. The number of rotatable bonds is 2. The van der Waals surface area contributed by atoms with Crippen LogP contribution in [0.3, 0.4) is 0 Å². The van der Waals surface area contributed by atoms with Crippen molar-refractivity contribution >= 4 is 5.97 Å². The summed E-state index contributed by atoms with van der Waals surface area (Å²) < 4.78 is 0. The maximum absolute atomic E-state index is 11.7. The largest absolute Gasteiger partial charge is 0.481 e. The van der Waals surface area contributed by atoms with Crippen LogP contribution in [0.5, 0.6) is 0 Å². The summed E-state index contributed by atoms with van der Waals surface area (Å²) in [5.41, 5.74) is -1.90. The van der Waals surface area contributed by atoms with Gasteiger partial charge in [-0.05, 0) is 50.6 Å². The Labute approximate surface area is 102 Å². The number of aliphatic hydroxyl groups is 1. The van der Waals surface area contributed by atoms with Crippen molar-refractivity contribution in [1.82, 2.24) is 5.32 Å². The molecule has 1 unspecified atom stereocenters. The molecule has 0 aromatic rings. The number of piperidine rings is 1. The molecule has 1 heterocycles. The van der Waals surface area contributed by atoms with Crippen LogP contribution in [0.15, 0.2) is 0 Å². The van der Waals surface area contributed by atoms with E-state index in [0.29, 0.717) is 38.8 Å². The minimum Gasteiger partial charge on any atom is -0.481 e. The Hall–Kier alpha value is -0.610. The minimum absolute atomic E-state index is 0.0576. The molecule has 1 saturated carbocycles. The topological polar surface area (TPSA) is 69.6 Å². The van der Waals surface area contributed by atoms with E-state index in [-0.39, 0.29) is 5.41 Å². The van der Waals surface area contributed by atoms with Gasteiger partial charge in [0.1, 0.15) is 0 Å². The van der Waals surface area contributed by atoms with Crippen LogP contribution in [0.2, 0.25) is 0 Å². The van der Waals surface area contributed by atoms with E-state index >= 15 is 0 Å². The first-order chi connectivity index (χ1) is 7.81. The monoisotopic (exact) mass is 241 g/mol. The van der Waals surface area contributed by atoms with Gasteiger partial charge in [0.05, 0.1) is 11.0 Å². The van der Waals surface area contributed by atoms with Crippen LogP contribution in [0, 0.1) is 10.8 Å². The molecule has 98 valence electrons. The summed E-state index contributed by atoms with van der Waals surface area (Å²) in [6, 6.07) is 0. The quantitative estimate of drug-likeness (QED) is 0.683. The molecule has 4 nitrogen and oxygen atoms in total. The number of carbonyl (C=O) groups is 1. The van der Waals surface area contributed by atoms with Gasteiger partial charge in [0, 0.05) is 0 Å². The zero-order valence-electron chi connectivity index (χ0n) is 10.8. The van der Waals surface area contributed by atoms with Gasteiger partial charge in [0.2, 0.25) is 0 Å². The normalized spacial score (nSPS) is 35.7. The number of hydrogen-bond acceptors (Lipinski definition) is 3. The Bertz CT molecular complexity index is 321. The van der Waals surface area contributed by atoms with Crippen LogP contribution in [-0.4, -0.2) is 34.9 Å². The summed E-state index contributed by atoms with van der Waals surface area (Å²) in [7, 11) is 0. The second-order valence-electron chi connectivity index (χ2n) is 6.51. The van der Waals surface area contributed by atoms with Gasteiger partial charge in [-0.15, -0.1) is 0 Å². The molecule has 0 bridgehead atoms. The van der Waals surface area contributed by atoms with E-state index < -0.39 is 17.0 Å². The van der Waals surface area contributed by atoms with Crippen molar-refractivity contribution in [3.8, 4) is 0 Å². The lowest BCUT2D eigenvalue weighted by atomic mass is 9.64. The van der Waals surface area contributed by atoms with Crippen molar-refractivity contribution in [2.45, 2.75) is 51.6 Å². The predicted molar refractivity (Wildman–Crippen MR) is 64.8 cm³/mol. The molecule has 0 amide bonds. The van der Waals surface area contributed by atoms with Crippen LogP contribution >= 0.6 is 0 Å². The van der Waals surface area contributed by atoms with Gasteiger partial charge < -0.3 is 15.5 Å². The van der Waals surface area contributed by atoms with Crippen LogP contribution in [0.1, 0.15) is 46.0 Å². The molecule has 1 saturated heterocycles. The molecule has 2 aliphatic rings. The third-order valence-corrected chi connectivity index (χ3v) is 4.74. The van der Waals surface area contributed by atoms with Gasteiger partial charge in [0.15, 0.2) is 0 Å². The second kappa shape index (κ2) is 3.95. The number of carboxylic acid groups (broad SMARTS) is 1. The Morgan fingerprint density at radius 1 is 1.12 bits per heavy atom. The molecule has 0 spiro atoms. The van der Waals surface area contributed by atoms with Crippen molar-refractivity contribution in [3.63, 3.8) is 0 Å². The second-order valence-corrected chi connectivity index (χ2v) is 6.51. The summed E-state index contributed by atoms with van der Waals surface area (Å²) in [6.45, 7) is 5.60. The predicted octanol–water partition coefficient (Wildman–Crippen LogP) is 1.38. The average molecular weight is 241 g/mol. The fourth-order valence-electron chi connectivity index (χ4n) is 3.65. The smallest absolute Gasteiger partial charge is 0.312 e. The van der Waals surface area contributed by atoms with Crippen molar-refractivity contribution < 1.29 is 15.0 Å². The van der Waals surface area contributed by atoms with Gasteiger partial charge in [0.25, 0.3) is 0 Å². The van der Waals surface area contributed by atoms with E-state index in [4.69, 9.17) is 0 Å². The molecule has 2 rings (SSSR count). The maximum Gasteiger partial charge on any atom is 0.312 e. The van der Waals surface area contributed by atoms with Crippen LogP contribution in [0.4, 0.5) is 0 Å². The van der Waals surface area contributed by atoms with Crippen LogP contribution in [-0.2, 0) is 4.79 Å².